The van der Waals surface area contributed by atoms with Gasteiger partial charge in [0, 0.05) is 5.39 Å². The Balaban J connectivity index is 2.36. The minimum Gasteiger partial charge on any atom is -0.354 e. The van der Waals surface area contributed by atoms with Gasteiger partial charge in [-0.3, -0.25) is 5.43 Å². The topological polar surface area (TPSA) is 98.0 Å². The van der Waals surface area contributed by atoms with Crippen LogP contribution in [-0.2, 0) is 0 Å². The van der Waals surface area contributed by atoms with Crippen molar-refractivity contribution in [1.29, 1.82) is 10.5 Å². The minimum absolute atomic E-state index is 0.253. The van der Waals surface area contributed by atoms with Crippen LogP contribution in [0.15, 0.2) is 34.0 Å². The second-order valence-corrected chi connectivity index (χ2v) is 2.85. The van der Waals surface area contributed by atoms with Crippen LogP contribution < -0.4 is 5.43 Å². The first-order chi connectivity index (χ1) is 7.85. The summed E-state index contributed by atoms with van der Waals surface area (Å²) < 4.78 is 5.00. The van der Waals surface area contributed by atoms with Gasteiger partial charge in [-0.1, -0.05) is 11.2 Å². The molecule has 76 valence electrons. The van der Waals surface area contributed by atoms with E-state index in [0.29, 0.717) is 11.3 Å². The second-order valence-electron chi connectivity index (χ2n) is 2.85. The molecule has 0 amide bonds. The Bertz CT molecular complexity index is 612. The number of fused-ring (bicyclic) bond motifs is 1. The molecule has 1 heterocycles. The van der Waals surface area contributed by atoms with Gasteiger partial charge in [0.1, 0.15) is 17.8 Å². The van der Waals surface area contributed by atoms with Gasteiger partial charge in [0.25, 0.3) is 0 Å². The molecule has 0 aliphatic heterocycles. The lowest BCUT2D eigenvalue weighted by atomic mass is 10.2. The standard InChI is InChI=1S/C10H5N5O/c11-4-8(5-12)14-15-9-3-1-2-7-6-13-16-10(7)9/h1-3,6,15H. The highest BCUT2D eigenvalue weighted by atomic mass is 16.5. The molecule has 0 bridgehead atoms. The molecular formula is C10H5N5O. The van der Waals surface area contributed by atoms with E-state index in [1.807, 2.05) is 6.07 Å². The Hall–Kier alpha value is -2.86. The Kier molecular flexibility index (Phi) is 2.49. The van der Waals surface area contributed by atoms with Gasteiger partial charge < -0.3 is 4.52 Å². The van der Waals surface area contributed by atoms with Gasteiger partial charge in [0.2, 0.25) is 5.71 Å². The number of aromatic nitrogens is 1. The fourth-order valence-electron chi connectivity index (χ4n) is 1.17. The first-order valence-electron chi connectivity index (χ1n) is 4.32. The van der Waals surface area contributed by atoms with E-state index in [1.165, 1.54) is 0 Å². The molecular weight excluding hydrogens is 206 g/mol. The number of hydrazone groups is 1. The molecule has 1 aromatic heterocycles. The van der Waals surface area contributed by atoms with Crippen molar-refractivity contribution in [2.75, 3.05) is 5.43 Å². The summed E-state index contributed by atoms with van der Waals surface area (Å²) in [4.78, 5) is 0. The van der Waals surface area contributed by atoms with Gasteiger partial charge in [-0.05, 0) is 12.1 Å². The molecule has 0 unspecified atom stereocenters. The molecule has 0 aliphatic rings. The average Bonchev–Trinajstić information content (AvgIpc) is 2.79. The first-order valence-corrected chi connectivity index (χ1v) is 4.32. The number of hydrogen-bond acceptors (Lipinski definition) is 6. The number of nitrogens with one attached hydrogen (secondary N) is 1. The maximum absolute atomic E-state index is 8.50. The van der Waals surface area contributed by atoms with Gasteiger partial charge in [-0.2, -0.15) is 15.6 Å². The van der Waals surface area contributed by atoms with Gasteiger partial charge >= 0.3 is 0 Å². The van der Waals surface area contributed by atoms with E-state index in [4.69, 9.17) is 15.0 Å². The maximum Gasteiger partial charge on any atom is 0.237 e. The summed E-state index contributed by atoms with van der Waals surface area (Å²) in [5.74, 6) is 0. The molecule has 16 heavy (non-hydrogen) atoms. The highest BCUT2D eigenvalue weighted by molar-refractivity contribution is 6.10. The van der Waals surface area contributed by atoms with E-state index in [9.17, 15) is 0 Å². The fourth-order valence-corrected chi connectivity index (χ4v) is 1.17. The molecule has 0 atom stereocenters. The van der Waals surface area contributed by atoms with E-state index in [0.717, 1.165) is 5.39 Å². The zero-order valence-electron chi connectivity index (χ0n) is 8.01. The average molecular weight is 211 g/mol. The smallest absolute Gasteiger partial charge is 0.237 e. The normalized spacial score (nSPS) is 9.12. The second kappa shape index (κ2) is 4.11. The number of rotatable bonds is 2. The molecule has 0 spiro atoms. The summed E-state index contributed by atoms with van der Waals surface area (Å²) in [7, 11) is 0. The fraction of sp³-hybridized carbons (Fsp3) is 0. The van der Waals surface area contributed by atoms with Crippen molar-refractivity contribution in [2.24, 2.45) is 5.10 Å². The molecule has 0 saturated heterocycles. The predicted octanol–water partition coefficient (Wildman–Crippen LogP) is 1.64. The quantitative estimate of drug-likeness (QED) is 0.601. The van der Waals surface area contributed by atoms with Gasteiger partial charge in [-0.25, -0.2) is 0 Å². The third kappa shape index (κ3) is 1.68. The van der Waals surface area contributed by atoms with Crippen LogP contribution >= 0.6 is 0 Å². The molecule has 6 heteroatoms. The third-order valence-corrected chi connectivity index (χ3v) is 1.88. The lowest BCUT2D eigenvalue weighted by molar-refractivity contribution is 0.457. The largest absolute Gasteiger partial charge is 0.354 e. The van der Waals surface area contributed by atoms with E-state index in [2.05, 4.69) is 15.7 Å². The van der Waals surface area contributed by atoms with Gasteiger partial charge in [0.05, 0.1) is 6.20 Å². The SMILES string of the molecule is N#CC(C#N)=NNc1cccc2cnoc12. The highest BCUT2D eigenvalue weighted by Crippen LogP contribution is 2.22. The maximum atomic E-state index is 8.50. The van der Waals surface area contributed by atoms with E-state index >= 15 is 0 Å². The van der Waals surface area contributed by atoms with Crippen molar-refractivity contribution in [1.82, 2.24) is 5.16 Å². The monoisotopic (exact) mass is 211 g/mol. The van der Waals surface area contributed by atoms with Crippen LogP contribution in [-0.4, -0.2) is 10.9 Å². The van der Waals surface area contributed by atoms with E-state index in [1.54, 1.807) is 30.5 Å². The molecule has 6 nitrogen and oxygen atoms in total. The lowest BCUT2D eigenvalue weighted by Gasteiger charge is -1.98. The molecule has 0 radical (unpaired) electrons. The summed E-state index contributed by atoms with van der Waals surface area (Å²) >= 11 is 0. The number of nitrogens with zero attached hydrogens (tertiary/aromatic N) is 4. The third-order valence-electron chi connectivity index (χ3n) is 1.88. The van der Waals surface area contributed by atoms with Crippen LogP contribution in [0.3, 0.4) is 0 Å². The number of para-hydroxylation sites is 1. The van der Waals surface area contributed by atoms with Crippen LogP contribution in [0.5, 0.6) is 0 Å². The van der Waals surface area contributed by atoms with E-state index < -0.39 is 0 Å². The van der Waals surface area contributed by atoms with Gasteiger partial charge in [0.15, 0.2) is 5.58 Å². The zero-order chi connectivity index (χ0) is 11.4. The van der Waals surface area contributed by atoms with Crippen molar-refractivity contribution in [3.63, 3.8) is 0 Å². The summed E-state index contributed by atoms with van der Waals surface area (Å²) in [6.45, 7) is 0. The summed E-state index contributed by atoms with van der Waals surface area (Å²) in [5, 5.41) is 25.1. The highest BCUT2D eigenvalue weighted by Gasteiger charge is 2.04. The lowest BCUT2D eigenvalue weighted by Crippen LogP contribution is -1.96. The van der Waals surface area contributed by atoms with E-state index in [-0.39, 0.29) is 5.71 Å². The molecule has 2 rings (SSSR count). The molecule has 0 saturated carbocycles. The number of hydrogen-bond donors (Lipinski definition) is 1. The van der Waals surface area contributed by atoms with Crippen LogP contribution in [0, 0.1) is 22.7 Å². The van der Waals surface area contributed by atoms with Crippen LogP contribution in [0.2, 0.25) is 0 Å². The number of anilines is 1. The van der Waals surface area contributed by atoms with Crippen molar-refractivity contribution >= 4 is 22.4 Å². The molecule has 0 fully saturated rings. The zero-order valence-corrected chi connectivity index (χ0v) is 8.01. The Morgan fingerprint density at radius 3 is 2.94 bits per heavy atom. The Morgan fingerprint density at radius 1 is 1.38 bits per heavy atom. The summed E-state index contributed by atoms with van der Waals surface area (Å²) in [6.07, 6.45) is 1.57. The summed E-state index contributed by atoms with van der Waals surface area (Å²) in [5.41, 5.74) is 3.41. The molecule has 0 aliphatic carbocycles. The molecule has 2 aromatic rings. The Morgan fingerprint density at radius 2 is 2.19 bits per heavy atom. The van der Waals surface area contributed by atoms with Crippen LogP contribution in [0.4, 0.5) is 5.69 Å². The molecule has 1 aromatic carbocycles. The van der Waals surface area contributed by atoms with Crippen LogP contribution in [0.1, 0.15) is 0 Å². The molecule has 1 N–H and O–H groups in total. The summed E-state index contributed by atoms with van der Waals surface area (Å²) in [6, 6.07) is 8.62. The van der Waals surface area contributed by atoms with Gasteiger partial charge in [-0.15, -0.1) is 0 Å². The van der Waals surface area contributed by atoms with Crippen LogP contribution in [0.25, 0.3) is 11.0 Å². The minimum atomic E-state index is -0.253. The van der Waals surface area contributed by atoms with Crippen molar-refractivity contribution < 1.29 is 4.52 Å². The number of benzene rings is 1. The predicted molar refractivity (Wildman–Crippen MR) is 56.3 cm³/mol. The number of nitriles is 2. The first kappa shape index (κ1) is 9.69. The van der Waals surface area contributed by atoms with Crippen molar-refractivity contribution in [2.45, 2.75) is 0 Å². The van der Waals surface area contributed by atoms with Crippen molar-refractivity contribution in [3.05, 3.63) is 24.4 Å². The Labute approximate surface area is 90.4 Å². The van der Waals surface area contributed by atoms with Crippen molar-refractivity contribution in [3.8, 4) is 12.1 Å².